The third kappa shape index (κ3) is 3.76. The van der Waals surface area contributed by atoms with E-state index in [0.29, 0.717) is 0 Å². The zero-order valence-electron chi connectivity index (χ0n) is 10.7. The topological polar surface area (TPSA) is 107 Å². The van der Waals surface area contributed by atoms with E-state index in [0.717, 1.165) is 11.3 Å². The number of carbonyl (C=O) groups is 1. The summed E-state index contributed by atoms with van der Waals surface area (Å²) in [5.41, 5.74) is -0.770. The van der Waals surface area contributed by atoms with Crippen LogP contribution in [0.25, 0.3) is 0 Å². The average molecular weight is 302 g/mol. The largest absolute Gasteiger partial charge is 0.480 e. The van der Waals surface area contributed by atoms with E-state index in [1.807, 2.05) is 6.07 Å². The zero-order chi connectivity index (χ0) is 14.8. The van der Waals surface area contributed by atoms with E-state index in [2.05, 4.69) is 4.72 Å². The molecule has 0 saturated heterocycles. The third-order valence-electron chi connectivity index (χ3n) is 2.34. The van der Waals surface area contributed by atoms with Crippen LogP contribution in [0.3, 0.4) is 0 Å². The molecule has 0 saturated carbocycles. The quantitative estimate of drug-likeness (QED) is 0.874. The normalized spacial score (nSPS) is 13.8. The first kappa shape index (κ1) is 15.6. The molecule has 0 fully saturated rings. The molecule has 0 aliphatic heterocycles. The second-order valence-electron chi connectivity index (χ2n) is 4.99. The molecule has 6 nitrogen and oxygen atoms in total. The predicted molar refractivity (Wildman–Crippen MR) is 70.2 cm³/mol. The number of hydrogen-bond acceptors (Lipinski definition) is 5. The van der Waals surface area contributed by atoms with Gasteiger partial charge in [0.15, 0.2) is 0 Å². The third-order valence-corrected chi connectivity index (χ3v) is 5.25. The van der Waals surface area contributed by atoms with Crippen molar-refractivity contribution in [2.75, 3.05) is 0 Å². The van der Waals surface area contributed by atoms with E-state index in [1.54, 1.807) is 20.8 Å². The Morgan fingerprint density at radius 2 is 2.05 bits per heavy atom. The second-order valence-corrected chi connectivity index (χ2v) is 8.01. The Hall–Kier alpha value is -1.43. The molecule has 0 aliphatic carbocycles. The van der Waals surface area contributed by atoms with Crippen molar-refractivity contribution in [2.24, 2.45) is 5.41 Å². The van der Waals surface area contributed by atoms with Gasteiger partial charge < -0.3 is 5.11 Å². The van der Waals surface area contributed by atoms with Gasteiger partial charge in [0.25, 0.3) is 10.0 Å². The van der Waals surface area contributed by atoms with Gasteiger partial charge in [0.1, 0.15) is 21.2 Å². The molecule has 1 rings (SSSR count). The first-order chi connectivity index (χ1) is 8.58. The summed E-state index contributed by atoms with van der Waals surface area (Å²) in [6.45, 7) is 4.89. The fourth-order valence-electron chi connectivity index (χ4n) is 1.34. The van der Waals surface area contributed by atoms with Gasteiger partial charge >= 0.3 is 5.97 Å². The summed E-state index contributed by atoms with van der Waals surface area (Å²) in [5.74, 6) is -1.24. The van der Waals surface area contributed by atoms with E-state index >= 15 is 0 Å². The number of nitriles is 1. The van der Waals surface area contributed by atoms with Crippen molar-refractivity contribution < 1.29 is 18.3 Å². The summed E-state index contributed by atoms with van der Waals surface area (Å²) in [7, 11) is -3.94. The Balaban J connectivity index is 3.08. The molecule has 0 bridgehead atoms. The van der Waals surface area contributed by atoms with Gasteiger partial charge in [0, 0.05) is 0 Å². The van der Waals surface area contributed by atoms with Crippen LogP contribution in [0.4, 0.5) is 0 Å². The van der Waals surface area contributed by atoms with Crippen LogP contribution < -0.4 is 4.72 Å². The molecule has 19 heavy (non-hydrogen) atoms. The van der Waals surface area contributed by atoms with Crippen molar-refractivity contribution in [3.63, 3.8) is 0 Å². The van der Waals surface area contributed by atoms with Crippen molar-refractivity contribution in [3.05, 3.63) is 17.0 Å². The van der Waals surface area contributed by atoms with Crippen molar-refractivity contribution in [3.8, 4) is 6.07 Å². The highest BCUT2D eigenvalue weighted by atomic mass is 32.2. The SMILES string of the molecule is CC(C)(C)C(NS(=O)(=O)c1ccc(C#N)s1)C(=O)O. The Kier molecular flexibility index (Phi) is 4.35. The fraction of sp³-hybridized carbons (Fsp3) is 0.455. The van der Waals surface area contributed by atoms with E-state index in [4.69, 9.17) is 10.4 Å². The Morgan fingerprint density at radius 3 is 2.42 bits per heavy atom. The summed E-state index contributed by atoms with van der Waals surface area (Å²) < 4.78 is 26.2. The zero-order valence-corrected chi connectivity index (χ0v) is 12.3. The van der Waals surface area contributed by atoms with Crippen molar-refractivity contribution in [2.45, 2.75) is 31.0 Å². The fourth-order valence-corrected chi connectivity index (χ4v) is 3.85. The highest BCUT2D eigenvalue weighted by Crippen LogP contribution is 2.25. The van der Waals surface area contributed by atoms with Crippen LogP contribution in [-0.2, 0) is 14.8 Å². The lowest BCUT2D eigenvalue weighted by molar-refractivity contribution is -0.141. The van der Waals surface area contributed by atoms with Crippen molar-refractivity contribution in [1.29, 1.82) is 5.26 Å². The molecule has 1 heterocycles. The summed E-state index contributed by atoms with van der Waals surface area (Å²) in [6, 6.07) is 3.26. The van der Waals surface area contributed by atoms with Gasteiger partial charge in [-0.05, 0) is 17.5 Å². The molecule has 1 unspecified atom stereocenters. The average Bonchev–Trinajstić information content (AvgIpc) is 2.73. The highest BCUT2D eigenvalue weighted by Gasteiger charge is 2.35. The molecule has 1 aromatic heterocycles. The number of rotatable bonds is 4. The lowest BCUT2D eigenvalue weighted by Gasteiger charge is -2.27. The first-order valence-electron chi connectivity index (χ1n) is 5.33. The molecule has 1 atom stereocenters. The number of carboxylic acids is 1. The number of aliphatic carboxylic acids is 1. The van der Waals surface area contributed by atoms with Gasteiger partial charge in [0.2, 0.25) is 0 Å². The van der Waals surface area contributed by atoms with Crippen molar-refractivity contribution in [1.82, 2.24) is 4.72 Å². The minimum atomic E-state index is -3.94. The maximum atomic E-state index is 12.0. The van der Waals surface area contributed by atoms with Crippen LogP contribution in [0.2, 0.25) is 0 Å². The predicted octanol–water partition coefficient (Wildman–Crippen LogP) is 1.40. The molecular formula is C11H14N2O4S2. The standard InChI is InChI=1S/C11H14N2O4S2/c1-11(2,3)9(10(14)15)13-19(16,17)8-5-4-7(6-12)18-8/h4-5,9,13H,1-3H3,(H,14,15). The summed E-state index contributed by atoms with van der Waals surface area (Å²) in [4.78, 5) is 11.4. The van der Waals surface area contributed by atoms with Crippen molar-refractivity contribution >= 4 is 27.3 Å². The molecule has 0 radical (unpaired) electrons. The summed E-state index contributed by atoms with van der Waals surface area (Å²) >= 11 is 0.800. The number of nitrogens with zero attached hydrogens (tertiary/aromatic N) is 1. The van der Waals surface area contributed by atoms with Gasteiger partial charge in [-0.3, -0.25) is 4.79 Å². The van der Waals surface area contributed by atoms with Gasteiger partial charge in [-0.15, -0.1) is 11.3 Å². The molecule has 0 aliphatic rings. The maximum Gasteiger partial charge on any atom is 0.322 e. The monoisotopic (exact) mass is 302 g/mol. The van der Waals surface area contributed by atoms with E-state index in [1.165, 1.54) is 12.1 Å². The Labute approximate surface area is 115 Å². The van der Waals surface area contributed by atoms with Crippen LogP contribution in [0.1, 0.15) is 25.6 Å². The van der Waals surface area contributed by atoms with Crippen LogP contribution in [-0.4, -0.2) is 25.5 Å². The maximum absolute atomic E-state index is 12.0. The number of nitrogens with one attached hydrogen (secondary N) is 1. The van der Waals surface area contributed by atoms with Crippen LogP contribution in [0, 0.1) is 16.7 Å². The highest BCUT2D eigenvalue weighted by molar-refractivity contribution is 7.91. The molecule has 8 heteroatoms. The smallest absolute Gasteiger partial charge is 0.322 e. The van der Waals surface area contributed by atoms with E-state index < -0.39 is 27.4 Å². The summed E-state index contributed by atoms with van der Waals surface area (Å²) in [6.07, 6.45) is 0. The van der Waals surface area contributed by atoms with Gasteiger partial charge in [-0.1, -0.05) is 20.8 Å². The molecular weight excluding hydrogens is 288 g/mol. The lowest BCUT2D eigenvalue weighted by Crippen LogP contribution is -2.48. The number of hydrogen-bond donors (Lipinski definition) is 2. The molecule has 1 aromatic rings. The number of sulfonamides is 1. The first-order valence-corrected chi connectivity index (χ1v) is 7.63. The number of carboxylic acid groups (broad SMARTS) is 1. The second kappa shape index (κ2) is 5.28. The van der Waals surface area contributed by atoms with Gasteiger partial charge in [0.05, 0.1) is 0 Å². The Bertz CT molecular complexity index is 620. The summed E-state index contributed by atoms with van der Waals surface area (Å²) in [5, 5.41) is 17.8. The van der Waals surface area contributed by atoms with Crippen LogP contribution in [0.5, 0.6) is 0 Å². The molecule has 0 aromatic carbocycles. The lowest BCUT2D eigenvalue weighted by atomic mass is 9.88. The van der Waals surface area contributed by atoms with E-state index in [-0.39, 0.29) is 9.09 Å². The Morgan fingerprint density at radius 1 is 1.47 bits per heavy atom. The molecule has 104 valence electrons. The minimum absolute atomic E-state index is 0.0699. The molecule has 0 spiro atoms. The van der Waals surface area contributed by atoms with E-state index in [9.17, 15) is 13.2 Å². The number of thiophene rings is 1. The molecule has 0 amide bonds. The minimum Gasteiger partial charge on any atom is -0.480 e. The van der Waals surface area contributed by atoms with Gasteiger partial charge in [-0.2, -0.15) is 9.98 Å². The molecule has 2 N–H and O–H groups in total. The van der Waals surface area contributed by atoms with Crippen LogP contribution >= 0.6 is 11.3 Å². The van der Waals surface area contributed by atoms with Crippen LogP contribution in [0.15, 0.2) is 16.3 Å². The van der Waals surface area contributed by atoms with Gasteiger partial charge in [-0.25, -0.2) is 8.42 Å².